The van der Waals surface area contributed by atoms with Crippen LogP contribution in [0.15, 0.2) is 5.51 Å². The van der Waals surface area contributed by atoms with E-state index in [-0.39, 0.29) is 11.9 Å². The van der Waals surface area contributed by atoms with Crippen LogP contribution in [0.5, 0.6) is 0 Å². The Labute approximate surface area is 130 Å². The molecule has 4 nitrogen and oxygen atoms in total. The first kappa shape index (κ1) is 15.0. The molecule has 1 aliphatic heterocycles. The third-order valence-electron chi connectivity index (χ3n) is 5.05. The summed E-state index contributed by atoms with van der Waals surface area (Å²) >= 11 is 1.63. The Kier molecular flexibility index (Phi) is 4.60. The molecular formula is C16H25N3OS. The molecule has 3 atom stereocenters. The number of amides is 1. The van der Waals surface area contributed by atoms with Crippen LogP contribution in [0.3, 0.4) is 0 Å². The molecule has 1 amide bonds. The minimum absolute atomic E-state index is 0.0163. The highest BCUT2D eigenvalue weighted by Crippen LogP contribution is 2.32. The average Bonchev–Trinajstić information content (AvgIpc) is 2.91. The Morgan fingerprint density at radius 1 is 1.38 bits per heavy atom. The molecular weight excluding hydrogens is 282 g/mol. The van der Waals surface area contributed by atoms with Gasteiger partial charge in [-0.3, -0.25) is 4.79 Å². The number of nitrogens with one attached hydrogen (secondary N) is 1. The fourth-order valence-corrected chi connectivity index (χ4v) is 4.56. The largest absolute Gasteiger partial charge is 0.339 e. The molecule has 1 aromatic rings. The van der Waals surface area contributed by atoms with Crippen LogP contribution in [0.25, 0.3) is 0 Å². The van der Waals surface area contributed by atoms with Gasteiger partial charge in [0, 0.05) is 18.0 Å². The predicted octanol–water partition coefficient (Wildman–Crippen LogP) is 2.72. The average molecular weight is 307 g/mol. The van der Waals surface area contributed by atoms with E-state index in [2.05, 4.69) is 10.3 Å². The van der Waals surface area contributed by atoms with Crippen LogP contribution in [0, 0.1) is 12.8 Å². The van der Waals surface area contributed by atoms with Gasteiger partial charge in [0.1, 0.15) is 0 Å². The molecule has 1 N–H and O–H groups in total. The first-order chi connectivity index (χ1) is 10.1. The van der Waals surface area contributed by atoms with E-state index in [0.29, 0.717) is 12.6 Å². The quantitative estimate of drug-likeness (QED) is 0.934. The monoisotopic (exact) mass is 307 g/mol. The van der Waals surface area contributed by atoms with Gasteiger partial charge in [-0.25, -0.2) is 4.98 Å². The maximum absolute atomic E-state index is 12.7. The highest BCUT2D eigenvalue weighted by molar-refractivity contribution is 7.09. The summed E-state index contributed by atoms with van der Waals surface area (Å²) in [6.07, 6.45) is 7.46. The van der Waals surface area contributed by atoms with Crippen molar-refractivity contribution < 1.29 is 4.79 Å². The van der Waals surface area contributed by atoms with Gasteiger partial charge in [0.25, 0.3) is 0 Å². The lowest BCUT2D eigenvalue weighted by Crippen LogP contribution is -2.55. The molecule has 1 saturated carbocycles. The van der Waals surface area contributed by atoms with Gasteiger partial charge >= 0.3 is 0 Å². The van der Waals surface area contributed by atoms with Crippen LogP contribution >= 0.6 is 11.3 Å². The van der Waals surface area contributed by atoms with Gasteiger partial charge < -0.3 is 10.2 Å². The third-order valence-corrected chi connectivity index (χ3v) is 5.97. The van der Waals surface area contributed by atoms with Crippen molar-refractivity contribution in [2.75, 3.05) is 7.05 Å². The fourth-order valence-electron chi connectivity index (χ4n) is 3.73. The van der Waals surface area contributed by atoms with Gasteiger partial charge in [-0.15, -0.1) is 11.3 Å². The van der Waals surface area contributed by atoms with Gasteiger partial charge in [0.15, 0.2) is 0 Å². The van der Waals surface area contributed by atoms with Crippen molar-refractivity contribution in [3.8, 4) is 0 Å². The minimum Gasteiger partial charge on any atom is -0.339 e. The topological polar surface area (TPSA) is 45.2 Å². The number of aryl methyl sites for hydroxylation is 1. The number of hydrogen-bond acceptors (Lipinski definition) is 4. The number of rotatable bonds is 3. The predicted molar refractivity (Wildman–Crippen MR) is 85.2 cm³/mol. The maximum Gasteiger partial charge on any atom is 0.239 e. The summed E-state index contributed by atoms with van der Waals surface area (Å²) in [4.78, 5) is 20.0. The van der Waals surface area contributed by atoms with E-state index in [1.807, 2.05) is 24.4 Å². The number of carbonyl (C=O) groups is 1. The normalized spacial score (nSPS) is 29.0. The first-order valence-electron chi connectivity index (χ1n) is 8.05. The van der Waals surface area contributed by atoms with E-state index in [1.54, 1.807) is 11.3 Å². The Bertz CT molecular complexity index is 501. The zero-order valence-electron chi connectivity index (χ0n) is 13.0. The molecule has 0 radical (unpaired) electrons. The first-order valence-corrected chi connectivity index (χ1v) is 8.93. The number of fused-ring (bicyclic) bond motifs is 1. The highest BCUT2D eigenvalue weighted by Gasteiger charge is 2.35. The molecule has 5 heteroatoms. The molecule has 3 unspecified atom stereocenters. The number of aromatic nitrogens is 1. The van der Waals surface area contributed by atoms with Crippen LogP contribution in [-0.4, -0.2) is 34.9 Å². The van der Waals surface area contributed by atoms with E-state index in [1.165, 1.54) is 37.0 Å². The standard InChI is InChI=1S/C16H25N3OS/c1-11-15(21-10-17-11)9-19(2)16(20)14-8-7-12-5-3-4-6-13(12)18-14/h10,12-14,18H,3-9H2,1-2H3. The Hall–Kier alpha value is -0.940. The zero-order valence-corrected chi connectivity index (χ0v) is 13.8. The van der Waals surface area contributed by atoms with Crippen molar-refractivity contribution >= 4 is 17.2 Å². The minimum atomic E-state index is 0.0163. The van der Waals surface area contributed by atoms with Crippen LogP contribution < -0.4 is 5.32 Å². The lowest BCUT2D eigenvalue weighted by atomic mass is 9.77. The second-order valence-corrected chi connectivity index (χ2v) is 7.44. The molecule has 2 heterocycles. The summed E-state index contributed by atoms with van der Waals surface area (Å²) in [5, 5.41) is 3.63. The van der Waals surface area contributed by atoms with E-state index in [0.717, 1.165) is 18.0 Å². The van der Waals surface area contributed by atoms with Crippen LogP contribution in [-0.2, 0) is 11.3 Å². The molecule has 0 aromatic carbocycles. The second-order valence-electron chi connectivity index (χ2n) is 6.50. The summed E-state index contributed by atoms with van der Waals surface area (Å²) in [7, 11) is 1.91. The second kappa shape index (κ2) is 6.44. The molecule has 3 rings (SSSR count). The number of carbonyl (C=O) groups excluding carboxylic acids is 1. The number of likely N-dealkylation sites (N-methyl/N-ethyl adjacent to an activating group) is 1. The van der Waals surface area contributed by atoms with Crippen molar-refractivity contribution in [2.45, 2.75) is 64.1 Å². The fraction of sp³-hybridized carbons (Fsp3) is 0.750. The molecule has 1 aliphatic carbocycles. The number of hydrogen-bond donors (Lipinski definition) is 1. The molecule has 21 heavy (non-hydrogen) atoms. The van der Waals surface area contributed by atoms with Crippen LogP contribution in [0.4, 0.5) is 0 Å². The van der Waals surface area contributed by atoms with E-state index in [4.69, 9.17) is 0 Å². The number of thiazole rings is 1. The van der Waals surface area contributed by atoms with Gasteiger partial charge in [-0.1, -0.05) is 12.8 Å². The number of piperidine rings is 1. The highest BCUT2D eigenvalue weighted by atomic mass is 32.1. The van der Waals surface area contributed by atoms with Gasteiger partial charge in [-0.05, 0) is 38.5 Å². The molecule has 2 fully saturated rings. The molecule has 1 aromatic heterocycles. The van der Waals surface area contributed by atoms with Crippen molar-refractivity contribution in [1.82, 2.24) is 15.2 Å². The van der Waals surface area contributed by atoms with E-state index < -0.39 is 0 Å². The summed E-state index contributed by atoms with van der Waals surface area (Å²) in [5.74, 6) is 1.05. The Balaban J connectivity index is 1.58. The summed E-state index contributed by atoms with van der Waals surface area (Å²) in [6.45, 7) is 2.69. The van der Waals surface area contributed by atoms with Crippen LogP contribution in [0.1, 0.15) is 49.1 Å². The van der Waals surface area contributed by atoms with Crippen molar-refractivity contribution in [2.24, 2.45) is 5.92 Å². The van der Waals surface area contributed by atoms with Crippen LogP contribution in [0.2, 0.25) is 0 Å². The molecule has 0 spiro atoms. The molecule has 2 aliphatic rings. The smallest absolute Gasteiger partial charge is 0.239 e. The summed E-state index contributed by atoms with van der Waals surface area (Å²) in [6, 6.07) is 0.586. The van der Waals surface area contributed by atoms with Crippen molar-refractivity contribution in [3.63, 3.8) is 0 Å². The molecule has 1 saturated heterocycles. The van der Waals surface area contributed by atoms with Gasteiger partial charge in [0.2, 0.25) is 5.91 Å². The van der Waals surface area contributed by atoms with E-state index >= 15 is 0 Å². The summed E-state index contributed by atoms with van der Waals surface area (Å²) < 4.78 is 0. The molecule has 0 bridgehead atoms. The van der Waals surface area contributed by atoms with E-state index in [9.17, 15) is 4.79 Å². The lowest BCUT2D eigenvalue weighted by molar-refractivity contribution is -0.134. The molecule has 116 valence electrons. The summed E-state index contributed by atoms with van der Waals surface area (Å²) in [5.41, 5.74) is 2.90. The van der Waals surface area contributed by atoms with Crippen molar-refractivity contribution in [3.05, 3.63) is 16.1 Å². The third kappa shape index (κ3) is 3.29. The SMILES string of the molecule is Cc1ncsc1CN(C)C(=O)C1CCC2CCCCC2N1. The Morgan fingerprint density at radius 3 is 2.95 bits per heavy atom. The Morgan fingerprint density at radius 2 is 2.19 bits per heavy atom. The van der Waals surface area contributed by atoms with Gasteiger partial charge in [-0.2, -0.15) is 0 Å². The van der Waals surface area contributed by atoms with Gasteiger partial charge in [0.05, 0.1) is 23.8 Å². The number of nitrogens with zero attached hydrogens (tertiary/aromatic N) is 2. The maximum atomic E-state index is 12.7. The van der Waals surface area contributed by atoms with Crippen molar-refractivity contribution in [1.29, 1.82) is 0 Å². The zero-order chi connectivity index (χ0) is 14.8. The lowest BCUT2D eigenvalue weighted by Gasteiger charge is -2.40.